The lowest BCUT2D eigenvalue weighted by Gasteiger charge is -2.19. The molecular weight excluding hydrogens is 252 g/mol. The van der Waals surface area contributed by atoms with Crippen LogP contribution in [0.25, 0.3) is 0 Å². The summed E-state index contributed by atoms with van der Waals surface area (Å²) in [7, 11) is 0. The van der Waals surface area contributed by atoms with Gasteiger partial charge in [-0.2, -0.15) is 0 Å². The molecular formula is C15H18N4O. The first kappa shape index (κ1) is 12.7. The number of likely N-dealkylation sites (tertiary alicyclic amines) is 1. The number of hydrogen-bond donors (Lipinski definition) is 2. The topological polar surface area (TPSA) is 61.0 Å². The van der Waals surface area contributed by atoms with Crippen molar-refractivity contribution in [3.63, 3.8) is 0 Å². The summed E-state index contributed by atoms with van der Waals surface area (Å²) < 4.78 is 0. The van der Waals surface area contributed by atoms with E-state index in [4.69, 9.17) is 0 Å². The Bertz CT molecular complexity index is 595. The van der Waals surface area contributed by atoms with E-state index in [-0.39, 0.29) is 5.91 Å². The first-order chi connectivity index (χ1) is 9.72. The van der Waals surface area contributed by atoms with E-state index in [2.05, 4.69) is 32.3 Å². The van der Waals surface area contributed by atoms with Crippen molar-refractivity contribution in [1.29, 1.82) is 0 Å². The van der Waals surface area contributed by atoms with Gasteiger partial charge in [-0.15, -0.1) is 0 Å². The lowest BCUT2D eigenvalue weighted by atomic mass is 10.2. The molecule has 3 rings (SSSR count). The zero-order valence-corrected chi connectivity index (χ0v) is 11.5. The number of rotatable bonds is 3. The first-order valence-electron chi connectivity index (χ1n) is 6.82. The maximum Gasteiger partial charge on any atom is 0.221 e. The molecule has 104 valence electrons. The van der Waals surface area contributed by atoms with E-state index < -0.39 is 0 Å². The van der Waals surface area contributed by atoms with E-state index in [0.29, 0.717) is 0 Å². The van der Waals surface area contributed by atoms with E-state index in [0.717, 1.165) is 37.3 Å². The average Bonchev–Trinajstić information content (AvgIpc) is 2.99. The van der Waals surface area contributed by atoms with Gasteiger partial charge in [0.05, 0.1) is 18.6 Å². The second kappa shape index (κ2) is 5.36. The number of H-pyrrole nitrogens is 1. The molecule has 5 heteroatoms. The third kappa shape index (κ3) is 2.66. The molecule has 0 unspecified atom stereocenters. The van der Waals surface area contributed by atoms with Crippen molar-refractivity contribution < 1.29 is 4.79 Å². The lowest BCUT2D eigenvalue weighted by molar-refractivity contribution is -0.118. The maximum absolute atomic E-state index is 11.1. The molecule has 1 amide bonds. The van der Waals surface area contributed by atoms with E-state index in [1.807, 2.05) is 12.3 Å². The largest absolute Gasteiger partial charge is 0.365 e. The SMILES string of the molecule is CC(=O)NC1=CC=C2CCN(Cc3cnc[nH]3)C2=CC1. The number of imidazole rings is 1. The normalized spacial score (nSPS) is 17.9. The highest BCUT2D eigenvalue weighted by Gasteiger charge is 2.23. The van der Waals surface area contributed by atoms with Crippen LogP contribution in [0.3, 0.4) is 0 Å². The maximum atomic E-state index is 11.1. The Labute approximate surface area is 118 Å². The van der Waals surface area contributed by atoms with Crippen molar-refractivity contribution in [3.05, 3.63) is 53.4 Å². The molecule has 5 nitrogen and oxygen atoms in total. The number of hydrogen-bond acceptors (Lipinski definition) is 3. The Morgan fingerprint density at radius 1 is 1.50 bits per heavy atom. The van der Waals surface area contributed by atoms with Crippen molar-refractivity contribution in [2.45, 2.75) is 26.3 Å². The van der Waals surface area contributed by atoms with Gasteiger partial charge in [0.15, 0.2) is 0 Å². The molecule has 20 heavy (non-hydrogen) atoms. The number of allylic oxidation sites excluding steroid dienone is 4. The fraction of sp³-hybridized carbons (Fsp3) is 0.333. The number of fused-ring (bicyclic) bond motifs is 1. The number of aromatic nitrogens is 2. The molecule has 1 aliphatic heterocycles. The fourth-order valence-corrected chi connectivity index (χ4v) is 2.67. The molecule has 1 fully saturated rings. The summed E-state index contributed by atoms with van der Waals surface area (Å²) in [5, 5.41) is 2.87. The van der Waals surface area contributed by atoms with Gasteiger partial charge in [-0.25, -0.2) is 4.98 Å². The van der Waals surface area contributed by atoms with Gasteiger partial charge in [-0.05, 0) is 18.1 Å². The van der Waals surface area contributed by atoms with Crippen molar-refractivity contribution in [3.8, 4) is 0 Å². The number of nitrogens with zero attached hydrogens (tertiary/aromatic N) is 2. The number of aromatic amines is 1. The third-order valence-corrected chi connectivity index (χ3v) is 3.57. The van der Waals surface area contributed by atoms with E-state index in [9.17, 15) is 4.79 Å². The van der Waals surface area contributed by atoms with E-state index in [1.54, 1.807) is 6.33 Å². The van der Waals surface area contributed by atoms with E-state index in [1.165, 1.54) is 18.2 Å². The predicted octanol–water partition coefficient (Wildman–Crippen LogP) is 1.85. The Morgan fingerprint density at radius 2 is 2.40 bits per heavy atom. The van der Waals surface area contributed by atoms with Crippen LogP contribution < -0.4 is 5.32 Å². The Balaban J connectivity index is 1.75. The minimum atomic E-state index is -0.0191. The van der Waals surface area contributed by atoms with Crippen molar-refractivity contribution >= 4 is 5.91 Å². The molecule has 0 bridgehead atoms. The van der Waals surface area contributed by atoms with Gasteiger partial charge in [-0.1, -0.05) is 12.2 Å². The van der Waals surface area contributed by atoms with Crippen LogP contribution in [0.4, 0.5) is 0 Å². The summed E-state index contributed by atoms with van der Waals surface area (Å²) in [6, 6.07) is 0. The minimum absolute atomic E-state index is 0.0191. The molecule has 0 spiro atoms. The molecule has 1 aliphatic carbocycles. The van der Waals surface area contributed by atoms with Gasteiger partial charge in [-0.3, -0.25) is 4.79 Å². The van der Waals surface area contributed by atoms with Gasteiger partial charge in [0, 0.05) is 37.5 Å². The number of amides is 1. The van der Waals surface area contributed by atoms with Crippen LogP contribution in [0.1, 0.15) is 25.5 Å². The molecule has 2 heterocycles. The van der Waals surface area contributed by atoms with Gasteiger partial charge >= 0.3 is 0 Å². The van der Waals surface area contributed by atoms with Crippen molar-refractivity contribution in [2.75, 3.05) is 6.54 Å². The zero-order valence-electron chi connectivity index (χ0n) is 11.5. The van der Waals surface area contributed by atoms with Gasteiger partial charge in [0.25, 0.3) is 0 Å². The van der Waals surface area contributed by atoms with Crippen LogP contribution in [0.15, 0.2) is 47.7 Å². The number of carbonyl (C=O) groups is 1. The molecule has 0 radical (unpaired) electrons. The van der Waals surface area contributed by atoms with Crippen molar-refractivity contribution in [1.82, 2.24) is 20.2 Å². The molecule has 1 saturated heterocycles. The second-order valence-electron chi connectivity index (χ2n) is 5.11. The summed E-state index contributed by atoms with van der Waals surface area (Å²) >= 11 is 0. The van der Waals surface area contributed by atoms with Crippen molar-refractivity contribution in [2.24, 2.45) is 0 Å². The Hall–Kier alpha value is -2.30. The van der Waals surface area contributed by atoms with Crippen LogP contribution in [0.5, 0.6) is 0 Å². The Morgan fingerprint density at radius 3 is 3.15 bits per heavy atom. The average molecular weight is 270 g/mol. The smallest absolute Gasteiger partial charge is 0.221 e. The fourth-order valence-electron chi connectivity index (χ4n) is 2.67. The highest BCUT2D eigenvalue weighted by atomic mass is 16.1. The molecule has 1 aromatic rings. The van der Waals surface area contributed by atoms with E-state index >= 15 is 0 Å². The van der Waals surface area contributed by atoms with Crippen LogP contribution in [0.2, 0.25) is 0 Å². The summed E-state index contributed by atoms with van der Waals surface area (Å²) in [5.41, 5.74) is 4.68. The number of carbonyl (C=O) groups excluding carboxylic acids is 1. The molecule has 2 N–H and O–H groups in total. The standard InChI is InChI=1S/C15H18N4O/c1-11(20)18-13-3-2-12-6-7-19(15(12)5-4-13)9-14-8-16-10-17-14/h2-3,5,8,10H,4,6-7,9H2,1H3,(H,16,17)(H,18,20). The van der Waals surface area contributed by atoms with Gasteiger partial charge < -0.3 is 15.2 Å². The summed E-state index contributed by atoms with van der Waals surface area (Å²) in [5.74, 6) is -0.0191. The molecule has 2 aliphatic rings. The summed E-state index contributed by atoms with van der Waals surface area (Å²) in [6.45, 7) is 3.41. The van der Waals surface area contributed by atoms with Crippen LogP contribution in [-0.2, 0) is 11.3 Å². The molecule has 1 aromatic heterocycles. The summed E-state index contributed by atoms with van der Waals surface area (Å²) in [4.78, 5) is 20.7. The molecule has 0 atom stereocenters. The number of nitrogens with one attached hydrogen (secondary N) is 2. The third-order valence-electron chi connectivity index (χ3n) is 3.57. The predicted molar refractivity (Wildman–Crippen MR) is 76.3 cm³/mol. The molecule has 0 saturated carbocycles. The quantitative estimate of drug-likeness (QED) is 0.881. The van der Waals surface area contributed by atoms with Gasteiger partial charge in [0.1, 0.15) is 0 Å². The lowest BCUT2D eigenvalue weighted by Crippen LogP contribution is -2.19. The zero-order chi connectivity index (χ0) is 13.9. The summed E-state index contributed by atoms with van der Waals surface area (Å²) in [6.07, 6.45) is 11.7. The first-order valence-corrected chi connectivity index (χ1v) is 6.82. The van der Waals surface area contributed by atoms with Crippen LogP contribution >= 0.6 is 0 Å². The monoisotopic (exact) mass is 270 g/mol. The highest BCUT2D eigenvalue weighted by Crippen LogP contribution is 2.31. The second-order valence-corrected chi connectivity index (χ2v) is 5.11. The Kier molecular flexibility index (Phi) is 3.41. The molecule has 0 aromatic carbocycles. The van der Waals surface area contributed by atoms with Crippen LogP contribution in [0, 0.1) is 0 Å². The highest BCUT2D eigenvalue weighted by molar-refractivity contribution is 5.75. The minimum Gasteiger partial charge on any atom is -0.365 e. The van der Waals surface area contributed by atoms with Crippen LogP contribution in [-0.4, -0.2) is 27.3 Å². The van der Waals surface area contributed by atoms with Gasteiger partial charge in [0.2, 0.25) is 5.91 Å².